The van der Waals surface area contributed by atoms with Crippen molar-refractivity contribution in [3.63, 3.8) is 0 Å². The molecule has 1 aromatic rings. The Hall–Kier alpha value is -0.860. The normalized spacial score (nSPS) is 26.9. The summed E-state index contributed by atoms with van der Waals surface area (Å²) >= 11 is 0. The molecule has 2 heteroatoms. The van der Waals surface area contributed by atoms with Crippen LogP contribution >= 0.6 is 0 Å². The molecule has 0 radical (unpaired) electrons. The first kappa shape index (κ1) is 19.9. The van der Waals surface area contributed by atoms with Crippen LogP contribution in [0.25, 0.3) is 0 Å². The predicted octanol–water partition coefficient (Wildman–Crippen LogP) is 6.51. The number of nitrogens with zero attached hydrogens (tertiary/aromatic N) is 1. The van der Waals surface area contributed by atoms with Gasteiger partial charge in [-0.25, -0.2) is 0 Å². The van der Waals surface area contributed by atoms with Crippen molar-refractivity contribution in [1.29, 1.82) is 0 Å². The smallest absolute Gasteiger partial charge is 0.0828 e. The molecule has 3 rings (SSSR count). The third-order valence-corrected chi connectivity index (χ3v) is 6.46. The van der Waals surface area contributed by atoms with Gasteiger partial charge in [0, 0.05) is 12.1 Å². The Bertz CT molecular complexity index is 488. The monoisotopic (exact) mass is 357 g/mol. The topological polar surface area (TPSA) is 12.5 Å². The van der Waals surface area contributed by atoms with Crippen LogP contribution in [0.5, 0.6) is 0 Å². The van der Waals surface area contributed by atoms with Crippen LogP contribution in [0.15, 0.2) is 30.3 Å². The summed E-state index contributed by atoms with van der Waals surface area (Å²) < 4.78 is 6.76. The van der Waals surface area contributed by atoms with E-state index in [0.717, 1.165) is 12.1 Å². The summed E-state index contributed by atoms with van der Waals surface area (Å²) in [6, 6.07) is 12.5. The molecule has 2 aliphatic heterocycles. The Morgan fingerprint density at radius 3 is 2.27 bits per heavy atom. The highest BCUT2D eigenvalue weighted by molar-refractivity contribution is 5.17. The summed E-state index contributed by atoms with van der Waals surface area (Å²) in [5.41, 5.74) is 1.38. The molecule has 26 heavy (non-hydrogen) atoms. The quantitative estimate of drug-likeness (QED) is 0.419. The zero-order valence-electron chi connectivity index (χ0n) is 17.0. The highest BCUT2D eigenvalue weighted by Gasteiger charge is 2.41. The second-order valence-electron chi connectivity index (χ2n) is 8.45. The van der Waals surface area contributed by atoms with Crippen molar-refractivity contribution in [2.45, 2.75) is 109 Å². The van der Waals surface area contributed by atoms with Crippen molar-refractivity contribution in [2.24, 2.45) is 0 Å². The first-order valence-corrected chi connectivity index (χ1v) is 11.3. The van der Waals surface area contributed by atoms with Gasteiger partial charge in [-0.05, 0) is 50.6 Å². The third kappa shape index (κ3) is 5.33. The van der Waals surface area contributed by atoms with E-state index in [1.807, 2.05) is 0 Å². The van der Waals surface area contributed by atoms with E-state index in [4.69, 9.17) is 4.74 Å². The molecule has 2 bridgehead atoms. The average molecular weight is 358 g/mol. The van der Waals surface area contributed by atoms with Crippen LogP contribution in [-0.4, -0.2) is 29.6 Å². The standard InChI is InChI=1S/C24H39NO/c1-3-5-7-11-14-24(20-12-9-8-10-13-20)26-23-18-21-15-16-22(19-23)25(21)17-6-4-2/h8-10,12-13,21-24H,3-7,11,14-19H2,1-2H3/t21-,22+,23?,24?. The number of hydrogen-bond donors (Lipinski definition) is 0. The lowest BCUT2D eigenvalue weighted by molar-refractivity contribution is -0.0660. The fraction of sp³-hybridized carbons (Fsp3) is 0.750. The summed E-state index contributed by atoms with van der Waals surface area (Å²) in [6.07, 6.45) is 15.1. The van der Waals surface area contributed by atoms with Gasteiger partial charge in [-0.1, -0.05) is 76.3 Å². The van der Waals surface area contributed by atoms with Crippen molar-refractivity contribution in [1.82, 2.24) is 4.90 Å². The maximum absolute atomic E-state index is 6.76. The Labute approximate surface area is 161 Å². The molecule has 0 N–H and O–H groups in total. The lowest BCUT2D eigenvalue weighted by atomic mass is 9.97. The largest absolute Gasteiger partial charge is 0.370 e. The molecule has 1 aromatic carbocycles. The minimum atomic E-state index is 0.291. The molecule has 2 heterocycles. The molecular formula is C24H39NO. The van der Waals surface area contributed by atoms with E-state index in [1.165, 1.54) is 82.7 Å². The maximum Gasteiger partial charge on any atom is 0.0828 e. The molecule has 0 spiro atoms. The first-order chi connectivity index (χ1) is 12.8. The van der Waals surface area contributed by atoms with Gasteiger partial charge in [-0.2, -0.15) is 0 Å². The SMILES string of the molecule is CCCCCCC(OC1C[C@H]2CC[C@@H](C1)N2CCCC)c1ccccc1. The van der Waals surface area contributed by atoms with Crippen molar-refractivity contribution in [2.75, 3.05) is 6.54 Å². The summed E-state index contributed by atoms with van der Waals surface area (Å²) in [5, 5.41) is 0. The van der Waals surface area contributed by atoms with Crippen LogP contribution in [0, 0.1) is 0 Å². The number of piperidine rings is 1. The van der Waals surface area contributed by atoms with Crippen molar-refractivity contribution < 1.29 is 4.74 Å². The summed E-state index contributed by atoms with van der Waals surface area (Å²) in [4.78, 5) is 2.81. The van der Waals surface area contributed by atoms with Crippen LogP contribution in [0.3, 0.4) is 0 Å². The molecule has 2 nitrogen and oxygen atoms in total. The Kier molecular flexibility index (Phi) is 8.01. The minimum absolute atomic E-state index is 0.291. The molecule has 2 unspecified atom stereocenters. The van der Waals surface area contributed by atoms with Crippen LogP contribution in [0.2, 0.25) is 0 Å². The van der Waals surface area contributed by atoms with E-state index in [-0.39, 0.29) is 0 Å². The van der Waals surface area contributed by atoms with Crippen LogP contribution in [-0.2, 0) is 4.74 Å². The van der Waals surface area contributed by atoms with Gasteiger partial charge in [0.1, 0.15) is 0 Å². The van der Waals surface area contributed by atoms with E-state index in [2.05, 4.69) is 49.1 Å². The number of hydrogen-bond acceptors (Lipinski definition) is 2. The van der Waals surface area contributed by atoms with Crippen molar-refractivity contribution in [3.8, 4) is 0 Å². The molecule has 0 saturated carbocycles. The van der Waals surface area contributed by atoms with Crippen LogP contribution < -0.4 is 0 Å². The number of fused-ring (bicyclic) bond motifs is 2. The van der Waals surface area contributed by atoms with Gasteiger partial charge in [0.15, 0.2) is 0 Å². The van der Waals surface area contributed by atoms with Gasteiger partial charge in [0.2, 0.25) is 0 Å². The number of benzene rings is 1. The first-order valence-electron chi connectivity index (χ1n) is 11.3. The highest BCUT2D eigenvalue weighted by Crippen LogP contribution is 2.39. The Morgan fingerprint density at radius 1 is 0.923 bits per heavy atom. The summed E-state index contributed by atoms with van der Waals surface area (Å²) in [6.45, 7) is 5.89. The number of ether oxygens (including phenoxy) is 1. The molecule has 4 atom stereocenters. The van der Waals surface area contributed by atoms with E-state index in [0.29, 0.717) is 12.2 Å². The van der Waals surface area contributed by atoms with Crippen molar-refractivity contribution >= 4 is 0 Å². The molecule has 2 aliphatic rings. The fourth-order valence-corrected chi connectivity index (χ4v) is 5.01. The second kappa shape index (κ2) is 10.5. The molecule has 0 aliphatic carbocycles. The predicted molar refractivity (Wildman–Crippen MR) is 110 cm³/mol. The molecule has 2 saturated heterocycles. The van der Waals surface area contributed by atoms with E-state index in [1.54, 1.807) is 0 Å². The van der Waals surface area contributed by atoms with E-state index in [9.17, 15) is 0 Å². The molecule has 0 aromatic heterocycles. The lowest BCUT2D eigenvalue weighted by Crippen LogP contribution is -2.46. The molecule has 0 amide bonds. The fourth-order valence-electron chi connectivity index (χ4n) is 5.01. The number of rotatable bonds is 11. The Balaban J connectivity index is 1.57. The molecule has 146 valence electrons. The van der Waals surface area contributed by atoms with Gasteiger partial charge in [0.25, 0.3) is 0 Å². The van der Waals surface area contributed by atoms with Gasteiger partial charge in [-0.3, -0.25) is 4.90 Å². The second-order valence-corrected chi connectivity index (χ2v) is 8.45. The molecule has 2 fully saturated rings. The Morgan fingerprint density at radius 2 is 1.62 bits per heavy atom. The zero-order valence-corrected chi connectivity index (χ0v) is 17.0. The maximum atomic E-state index is 6.76. The minimum Gasteiger partial charge on any atom is -0.370 e. The highest BCUT2D eigenvalue weighted by atomic mass is 16.5. The van der Waals surface area contributed by atoms with E-state index < -0.39 is 0 Å². The van der Waals surface area contributed by atoms with Crippen molar-refractivity contribution in [3.05, 3.63) is 35.9 Å². The summed E-state index contributed by atoms with van der Waals surface area (Å²) in [5.74, 6) is 0. The van der Waals surface area contributed by atoms with E-state index >= 15 is 0 Å². The van der Waals surface area contributed by atoms with Gasteiger partial charge >= 0.3 is 0 Å². The summed E-state index contributed by atoms with van der Waals surface area (Å²) in [7, 11) is 0. The zero-order chi connectivity index (χ0) is 18.2. The number of unbranched alkanes of at least 4 members (excludes halogenated alkanes) is 4. The average Bonchev–Trinajstić information content (AvgIpc) is 2.91. The van der Waals surface area contributed by atoms with Gasteiger partial charge in [-0.15, -0.1) is 0 Å². The van der Waals surface area contributed by atoms with Crippen LogP contribution in [0.4, 0.5) is 0 Å². The van der Waals surface area contributed by atoms with Gasteiger partial charge in [0.05, 0.1) is 12.2 Å². The molecular weight excluding hydrogens is 318 g/mol. The third-order valence-electron chi connectivity index (χ3n) is 6.46. The van der Waals surface area contributed by atoms with Gasteiger partial charge < -0.3 is 4.74 Å². The van der Waals surface area contributed by atoms with Crippen LogP contribution in [0.1, 0.15) is 96.1 Å². The lowest BCUT2D eigenvalue weighted by Gasteiger charge is -2.40.